The van der Waals surface area contributed by atoms with Crippen LogP contribution in [0, 0.1) is 0 Å². The molecule has 3 aromatic rings. The summed E-state index contributed by atoms with van der Waals surface area (Å²) in [5.41, 5.74) is 1.05. The van der Waals surface area contributed by atoms with Crippen molar-refractivity contribution in [3.05, 3.63) is 89.4 Å². The molecule has 0 aliphatic heterocycles. The summed E-state index contributed by atoms with van der Waals surface area (Å²) >= 11 is 6.05. The zero-order valence-electron chi connectivity index (χ0n) is 22.3. The van der Waals surface area contributed by atoms with Crippen molar-refractivity contribution in [2.45, 2.75) is 44.2 Å². The zero-order chi connectivity index (χ0) is 28.4. The highest BCUT2D eigenvalue weighted by Crippen LogP contribution is 2.26. The summed E-state index contributed by atoms with van der Waals surface area (Å²) in [6, 6.07) is 20.5. The number of hydrogen-bond acceptors (Lipinski definition) is 5. The highest BCUT2D eigenvalue weighted by atomic mass is 35.5. The lowest BCUT2D eigenvalue weighted by molar-refractivity contribution is -0.140. The monoisotopic (exact) mass is 571 g/mol. The molecule has 0 aromatic heterocycles. The molecule has 0 unspecified atom stereocenters. The SMILES string of the molecule is CCCNC(=O)[C@H](CC)N(Cc1ccc(Cl)cc1)C(=O)CN(c1ccc(OC)cc1)S(=O)(=O)c1ccccc1. The molecule has 0 aliphatic carbocycles. The van der Waals surface area contributed by atoms with E-state index in [4.69, 9.17) is 16.3 Å². The van der Waals surface area contributed by atoms with Gasteiger partial charge < -0.3 is 15.0 Å². The molecule has 0 heterocycles. The van der Waals surface area contributed by atoms with Crippen LogP contribution in [0.25, 0.3) is 0 Å². The molecule has 3 rings (SSSR count). The van der Waals surface area contributed by atoms with E-state index in [-0.39, 0.29) is 17.3 Å². The first-order valence-electron chi connectivity index (χ1n) is 12.7. The molecule has 0 saturated heterocycles. The maximum atomic E-state index is 14.0. The van der Waals surface area contributed by atoms with Crippen LogP contribution in [0.2, 0.25) is 5.02 Å². The molecule has 1 atom stereocenters. The summed E-state index contributed by atoms with van der Waals surface area (Å²) in [7, 11) is -2.61. The first-order chi connectivity index (χ1) is 18.7. The molecule has 10 heteroatoms. The van der Waals surface area contributed by atoms with Crippen LogP contribution >= 0.6 is 11.6 Å². The third-order valence-corrected chi connectivity index (χ3v) is 8.21. The van der Waals surface area contributed by atoms with Crippen molar-refractivity contribution in [3.8, 4) is 5.75 Å². The first kappa shape index (κ1) is 30.0. The van der Waals surface area contributed by atoms with Gasteiger partial charge in [0.25, 0.3) is 10.0 Å². The van der Waals surface area contributed by atoms with Gasteiger partial charge in [-0.05, 0) is 66.9 Å². The molecule has 0 fully saturated rings. The Morgan fingerprint density at radius 1 is 0.949 bits per heavy atom. The summed E-state index contributed by atoms with van der Waals surface area (Å²) in [4.78, 5) is 28.5. The lowest BCUT2D eigenvalue weighted by Crippen LogP contribution is -2.52. The van der Waals surface area contributed by atoms with Crippen LogP contribution in [0.1, 0.15) is 32.3 Å². The van der Waals surface area contributed by atoms with Gasteiger partial charge in [-0.25, -0.2) is 8.42 Å². The molecule has 1 N–H and O–H groups in total. The van der Waals surface area contributed by atoms with Crippen LogP contribution < -0.4 is 14.4 Å². The lowest BCUT2D eigenvalue weighted by atomic mass is 10.1. The van der Waals surface area contributed by atoms with Gasteiger partial charge in [0.15, 0.2) is 0 Å². The number of carbonyl (C=O) groups excluding carboxylic acids is 2. The Bertz CT molecular complexity index is 1330. The minimum atomic E-state index is -4.12. The van der Waals surface area contributed by atoms with Crippen molar-refractivity contribution in [2.24, 2.45) is 0 Å². The average molecular weight is 572 g/mol. The number of halogens is 1. The summed E-state index contributed by atoms with van der Waals surface area (Å²) in [6.45, 7) is 3.84. The largest absolute Gasteiger partial charge is 0.497 e. The second kappa shape index (κ2) is 14.0. The van der Waals surface area contributed by atoms with Crippen molar-refractivity contribution >= 4 is 39.1 Å². The van der Waals surface area contributed by atoms with E-state index in [0.717, 1.165) is 16.3 Å². The Morgan fingerprint density at radius 2 is 1.59 bits per heavy atom. The molecule has 0 bridgehead atoms. The van der Waals surface area contributed by atoms with Gasteiger partial charge in [-0.2, -0.15) is 0 Å². The molecule has 8 nitrogen and oxygen atoms in total. The topological polar surface area (TPSA) is 96.0 Å². The van der Waals surface area contributed by atoms with Crippen LogP contribution in [0.3, 0.4) is 0 Å². The molecule has 3 aromatic carbocycles. The Kier molecular flexibility index (Phi) is 10.8. The molecule has 2 amide bonds. The molecule has 0 spiro atoms. The summed E-state index contributed by atoms with van der Waals surface area (Å²) in [5, 5.41) is 3.41. The van der Waals surface area contributed by atoms with Gasteiger partial charge in [-0.3, -0.25) is 13.9 Å². The number of rotatable bonds is 13. The number of amides is 2. The summed E-state index contributed by atoms with van der Waals surface area (Å²) < 4.78 is 33.9. The third-order valence-electron chi connectivity index (χ3n) is 6.17. The molecule has 39 heavy (non-hydrogen) atoms. The number of sulfonamides is 1. The first-order valence-corrected chi connectivity index (χ1v) is 14.6. The van der Waals surface area contributed by atoms with Gasteiger partial charge in [0.05, 0.1) is 17.7 Å². The smallest absolute Gasteiger partial charge is 0.264 e. The molecular weight excluding hydrogens is 538 g/mol. The number of methoxy groups -OCH3 is 1. The normalized spacial score (nSPS) is 11.9. The fourth-order valence-corrected chi connectivity index (χ4v) is 5.63. The number of nitrogens with zero attached hydrogens (tertiary/aromatic N) is 2. The second-order valence-corrected chi connectivity index (χ2v) is 11.2. The Morgan fingerprint density at radius 3 is 2.15 bits per heavy atom. The second-order valence-electron chi connectivity index (χ2n) is 8.89. The average Bonchev–Trinajstić information content (AvgIpc) is 2.96. The summed E-state index contributed by atoms with van der Waals surface area (Å²) in [6.07, 6.45) is 1.09. The van der Waals surface area contributed by atoms with Crippen LogP contribution in [0.15, 0.2) is 83.8 Å². The molecule has 0 saturated carbocycles. The van der Waals surface area contributed by atoms with Crippen molar-refractivity contribution in [3.63, 3.8) is 0 Å². The van der Waals surface area contributed by atoms with Gasteiger partial charge in [-0.1, -0.05) is 55.8 Å². The van der Waals surface area contributed by atoms with Gasteiger partial charge >= 0.3 is 0 Å². The van der Waals surface area contributed by atoms with Crippen molar-refractivity contribution in [1.29, 1.82) is 0 Å². The van der Waals surface area contributed by atoms with E-state index in [2.05, 4.69) is 5.32 Å². The maximum Gasteiger partial charge on any atom is 0.264 e. The standard InChI is InChI=1S/C29H34ClN3O5S/c1-4-19-31-29(35)27(5-2)32(20-22-11-13-23(30)14-12-22)28(34)21-33(24-15-17-25(38-3)18-16-24)39(36,37)26-9-7-6-8-10-26/h6-18,27H,4-5,19-21H2,1-3H3,(H,31,35)/t27-/m0/s1. The third kappa shape index (κ3) is 7.74. The molecule has 208 valence electrons. The van der Waals surface area contributed by atoms with Crippen molar-refractivity contribution in [2.75, 3.05) is 24.5 Å². The minimum absolute atomic E-state index is 0.0469. The summed E-state index contributed by atoms with van der Waals surface area (Å²) in [5.74, 6) is -0.257. The van der Waals surface area contributed by atoms with E-state index in [0.29, 0.717) is 29.4 Å². The maximum absolute atomic E-state index is 14.0. The number of hydrogen-bond donors (Lipinski definition) is 1. The quantitative estimate of drug-likeness (QED) is 0.315. The number of nitrogens with one attached hydrogen (secondary N) is 1. The van der Waals surface area contributed by atoms with E-state index in [1.165, 1.54) is 24.1 Å². The molecule has 0 radical (unpaired) electrons. The Balaban J connectivity index is 2.03. The van der Waals surface area contributed by atoms with Crippen molar-refractivity contribution in [1.82, 2.24) is 10.2 Å². The fraction of sp³-hybridized carbons (Fsp3) is 0.310. The van der Waals surface area contributed by atoms with Gasteiger partial charge in [0.2, 0.25) is 11.8 Å². The van der Waals surface area contributed by atoms with Gasteiger partial charge in [-0.15, -0.1) is 0 Å². The van der Waals surface area contributed by atoms with Crippen LogP contribution in [-0.2, 0) is 26.2 Å². The number of carbonyl (C=O) groups is 2. The van der Waals surface area contributed by atoms with Gasteiger partial charge in [0.1, 0.15) is 18.3 Å². The predicted molar refractivity (Wildman–Crippen MR) is 153 cm³/mol. The highest BCUT2D eigenvalue weighted by Gasteiger charge is 2.33. The van der Waals surface area contributed by atoms with E-state index >= 15 is 0 Å². The molecular formula is C29H34ClN3O5S. The van der Waals surface area contributed by atoms with E-state index in [9.17, 15) is 18.0 Å². The number of benzene rings is 3. The lowest BCUT2D eigenvalue weighted by Gasteiger charge is -2.33. The van der Waals surface area contributed by atoms with E-state index in [1.807, 2.05) is 13.8 Å². The highest BCUT2D eigenvalue weighted by molar-refractivity contribution is 7.92. The van der Waals surface area contributed by atoms with Crippen LogP contribution in [0.4, 0.5) is 5.69 Å². The predicted octanol–water partition coefficient (Wildman–Crippen LogP) is 4.88. The van der Waals surface area contributed by atoms with Crippen molar-refractivity contribution < 1.29 is 22.7 Å². The minimum Gasteiger partial charge on any atom is -0.497 e. The van der Waals surface area contributed by atoms with Gasteiger partial charge in [0, 0.05) is 18.1 Å². The Labute approximate surface area is 235 Å². The van der Waals surface area contributed by atoms with Crippen LogP contribution in [0.5, 0.6) is 5.75 Å². The number of anilines is 1. The van der Waals surface area contributed by atoms with E-state index < -0.39 is 28.5 Å². The molecule has 0 aliphatic rings. The fourth-order valence-electron chi connectivity index (χ4n) is 4.07. The van der Waals surface area contributed by atoms with E-state index in [1.54, 1.807) is 66.7 Å². The number of ether oxygens (including phenoxy) is 1. The zero-order valence-corrected chi connectivity index (χ0v) is 23.9. The van der Waals surface area contributed by atoms with Crippen LogP contribution in [-0.4, -0.2) is 51.4 Å². The Hall–Kier alpha value is -3.56.